The van der Waals surface area contributed by atoms with Crippen LogP contribution in [0.2, 0.25) is 5.02 Å². The van der Waals surface area contributed by atoms with Crippen LogP contribution in [0.25, 0.3) is 0 Å². The first kappa shape index (κ1) is 19.7. The van der Waals surface area contributed by atoms with Crippen molar-refractivity contribution in [1.29, 1.82) is 0 Å². The summed E-state index contributed by atoms with van der Waals surface area (Å²) in [4.78, 5) is 19.4. The van der Waals surface area contributed by atoms with Crippen molar-refractivity contribution in [2.75, 3.05) is 57.9 Å². The number of ether oxygens (including phenoxy) is 1. The molecule has 0 spiro atoms. The number of carbonyl (C=O) groups is 1. The highest BCUT2D eigenvalue weighted by Gasteiger charge is 2.32. The number of rotatable bonds is 6. The molecule has 0 unspecified atom stereocenters. The van der Waals surface area contributed by atoms with Gasteiger partial charge in [-0.1, -0.05) is 11.6 Å². The summed E-state index contributed by atoms with van der Waals surface area (Å²) in [7, 11) is 1.56. The number of aromatic nitrogens is 1. The lowest BCUT2D eigenvalue weighted by Gasteiger charge is -2.35. The molecule has 25 heavy (non-hydrogen) atoms. The number of hydrogen-bond acceptors (Lipinski definition) is 5. The number of hydrogen-bond donors (Lipinski definition) is 1. The summed E-state index contributed by atoms with van der Waals surface area (Å²) in [6.45, 7) is 3.43. The largest absolute Gasteiger partial charge is 0.417 e. The van der Waals surface area contributed by atoms with Crippen molar-refractivity contribution in [3.8, 4) is 0 Å². The summed E-state index contributed by atoms with van der Waals surface area (Å²) in [5, 5.41) is 2.72. The molecule has 0 aliphatic carbocycles. The SMILES string of the molecule is COCCNC(=O)CN1CCN(c2ncc(C(F)(F)F)cc2Cl)CC1. The van der Waals surface area contributed by atoms with Crippen LogP contribution < -0.4 is 10.2 Å². The topological polar surface area (TPSA) is 57.7 Å². The van der Waals surface area contributed by atoms with Gasteiger partial charge < -0.3 is 15.0 Å². The minimum atomic E-state index is -4.47. The maximum atomic E-state index is 12.7. The second-order valence-corrected chi connectivity index (χ2v) is 6.04. The second-order valence-electron chi connectivity index (χ2n) is 5.63. The van der Waals surface area contributed by atoms with Crippen LogP contribution >= 0.6 is 11.6 Å². The molecule has 1 aliphatic rings. The van der Waals surface area contributed by atoms with Crippen LogP contribution in [0.4, 0.5) is 19.0 Å². The summed E-state index contributed by atoms with van der Waals surface area (Å²) in [6, 6.07) is 0.888. The predicted molar refractivity (Wildman–Crippen MR) is 87.8 cm³/mol. The molecule has 1 saturated heterocycles. The van der Waals surface area contributed by atoms with Gasteiger partial charge in [0.25, 0.3) is 0 Å². The third-order valence-electron chi connectivity index (χ3n) is 3.82. The van der Waals surface area contributed by atoms with Gasteiger partial charge in [-0.25, -0.2) is 4.98 Å². The molecule has 0 aromatic carbocycles. The fourth-order valence-electron chi connectivity index (χ4n) is 2.49. The molecule has 140 valence electrons. The molecular formula is C15H20ClF3N4O2. The Kier molecular flexibility index (Phi) is 6.86. The molecule has 2 heterocycles. The zero-order chi connectivity index (χ0) is 18.4. The smallest absolute Gasteiger partial charge is 0.383 e. The Hall–Kier alpha value is -1.58. The van der Waals surface area contributed by atoms with Crippen LogP contribution in [0.3, 0.4) is 0 Å². The number of pyridine rings is 1. The number of halogens is 4. The Bertz CT molecular complexity index is 593. The molecule has 0 radical (unpaired) electrons. The van der Waals surface area contributed by atoms with Crippen LogP contribution in [0, 0.1) is 0 Å². The van der Waals surface area contributed by atoms with E-state index in [-0.39, 0.29) is 17.5 Å². The molecule has 0 atom stereocenters. The summed E-state index contributed by atoms with van der Waals surface area (Å²) < 4.78 is 42.8. The van der Waals surface area contributed by atoms with Crippen LogP contribution in [0.15, 0.2) is 12.3 Å². The van der Waals surface area contributed by atoms with Gasteiger partial charge in [0, 0.05) is 46.0 Å². The lowest BCUT2D eigenvalue weighted by molar-refractivity contribution is -0.137. The van der Waals surface area contributed by atoms with Gasteiger partial charge in [0.15, 0.2) is 0 Å². The summed E-state index contributed by atoms with van der Waals surface area (Å²) >= 11 is 5.97. The minimum Gasteiger partial charge on any atom is -0.383 e. The van der Waals surface area contributed by atoms with E-state index in [0.717, 1.165) is 12.3 Å². The fourth-order valence-corrected chi connectivity index (χ4v) is 2.77. The summed E-state index contributed by atoms with van der Waals surface area (Å²) in [5.74, 6) is 0.245. The Morgan fingerprint density at radius 1 is 1.36 bits per heavy atom. The molecular weight excluding hydrogens is 361 g/mol. The van der Waals surface area contributed by atoms with Gasteiger partial charge in [0.2, 0.25) is 5.91 Å². The van der Waals surface area contributed by atoms with Crippen molar-refractivity contribution >= 4 is 23.3 Å². The third-order valence-corrected chi connectivity index (χ3v) is 4.09. The first-order valence-corrected chi connectivity index (χ1v) is 8.14. The molecule has 1 aromatic heterocycles. The molecule has 0 bridgehead atoms. The lowest BCUT2D eigenvalue weighted by atomic mass is 10.2. The highest BCUT2D eigenvalue weighted by Crippen LogP contribution is 2.33. The number of alkyl halides is 3. The van der Waals surface area contributed by atoms with Crippen LogP contribution in [-0.4, -0.2) is 68.8 Å². The first-order valence-electron chi connectivity index (χ1n) is 7.77. The standard InChI is InChI=1S/C15H20ClF3N4O2/c1-25-7-2-20-13(24)10-22-3-5-23(6-4-22)14-12(16)8-11(9-21-14)15(17,18)19/h8-9H,2-7,10H2,1H3,(H,20,24). The van der Waals surface area contributed by atoms with Gasteiger partial charge >= 0.3 is 6.18 Å². The van der Waals surface area contributed by atoms with Crippen molar-refractivity contribution < 1.29 is 22.7 Å². The van der Waals surface area contributed by atoms with Gasteiger partial charge in [-0.15, -0.1) is 0 Å². The van der Waals surface area contributed by atoms with Crippen LogP contribution in [0.1, 0.15) is 5.56 Å². The van der Waals surface area contributed by atoms with Gasteiger partial charge in [-0.2, -0.15) is 13.2 Å². The van der Waals surface area contributed by atoms with E-state index in [1.807, 2.05) is 9.80 Å². The number of anilines is 1. The lowest BCUT2D eigenvalue weighted by Crippen LogP contribution is -2.50. The fraction of sp³-hybridized carbons (Fsp3) is 0.600. The van der Waals surface area contributed by atoms with E-state index in [1.54, 1.807) is 7.11 Å². The van der Waals surface area contributed by atoms with Crippen molar-refractivity contribution in [1.82, 2.24) is 15.2 Å². The summed E-state index contributed by atoms with van der Waals surface area (Å²) in [5.41, 5.74) is -0.868. The van der Waals surface area contributed by atoms with E-state index < -0.39 is 11.7 Å². The van der Waals surface area contributed by atoms with Gasteiger partial charge in [-0.05, 0) is 6.07 Å². The number of carbonyl (C=O) groups excluding carboxylic acids is 1. The monoisotopic (exact) mass is 380 g/mol. The molecule has 2 rings (SSSR count). The molecule has 1 N–H and O–H groups in total. The Labute approximate surface area is 148 Å². The molecule has 1 aromatic rings. The van der Waals surface area contributed by atoms with Crippen molar-refractivity contribution in [2.24, 2.45) is 0 Å². The number of nitrogens with one attached hydrogen (secondary N) is 1. The van der Waals surface area contributed by atoms with Gasteiger partial charge in [0.05, 0.1) is 23.7 Å². The second kappa shape index (κ2) is 8.68. The minimum absolute atomic E-state index is 0.0272. The maximum absolute atomic E-state index is 12.7. The zero-order valence-corrected chi connectivity index (χ0v) is 14.5. The van der Waals surface area contributed by atoms with E-state index in [9.17, 15) is 18.0 Å². The Morgan fingerprint density at radius 2 is 2.04 bits per heavy atom. The molecule has 0 saturated carbocycles. The Balaban J connectivity index is 1.87. The van der Waals surface area contributed by atoms with Crippen molar-refractivity contribution in [3.63, 3.8) is 0 Å². The highest BCUT2D eigenvalue weighted by molar-refractivity contribution is 6.33. The number of methoxy groups -OCH3 is 1. The van der Waals surface area contributed by atoms with Crippen molar-refractivity contribution in [3.05, 3.63) is 22.8 Å². The molecule has 1 aliphatic heterocycles. The third kappa shape index (κ3) is 5.72. The van der Waals surface area contributed by atoms with Crippen LogP contribution in [0.5, 0.6) is 0 Å². The average molecular weight is 381 g/mol. The first-order chi connectivity index (χ1) is 11.8. The van der Waals surface area contributed by atoms with E-state index in [4.69, 9.17) is 16.3 Å². The number of piperazine rings is 1. The van der Waals surface area contributed by atoms with E-state index in [2.05, 4.69) is 10.3 Å². The molecule has 10 heteroatoms. The van der Waals surface area contributed by atoms with E-state index >= 15 is 0 Å². The van der Waals surface area contributed by atoms with Gasteiger partial charge in [0.1, 0.15) is 5.82 Å². The maximum Gasteiger partial charge on any atom is 0.417 e. The average Bonchev–Trinajstić information content (AvgIpc) is 2.55. The van der Waals surface area contributed by atoms with E-state index in [1.165, 1.54) is 0 Å². The number of amides is 1. The predicted octanol–water partition coefficient (Wildman–Crippen LogP) is 1.64. The normalized spacial score (nSPS) is 16.1. The number of nitrogens with zero attached hydrogens (tertiary/aromatic N) is 3. The van der Waals surface area contributed by atoms with Gasteiger partial charge in [-0.3, -0.25) is 9.69 Å². The quantitative estimate of drug-likeness (QED) is 0.760. The van der Waals surface area contributed by atoms with Crippen LogP contribution in [-0.2, 0) is 15.7 Å². The highest BCUT2D eigenvalue weighted by atomic mass is 35.5. The molecule has 1 amide bonds. The summed E-state index contributed by atoms with van der Waals surface area (Å²) in [6.07, 6.45) is -3.68. The molecule has 6 nitrogen and oxygen atoms in total. The Morgan fingerprint density at radius 3 is 2.60 bits per heavy atom. The van der Waals surface area contributed by atoms with Crippen molar-refractivity contribution in [2.45, 2.75) is 6.18 Å². The molecule has 1 fully saturated rings. The van der Waals surface area contributed by atoms with E-state index in [0.29, 0.717) is 45.1 Å². The zero-order valence-electron chi connectivity index (χ0n) is 13.8.